The average molecular weight is 207 g/mol. The maximum atomic E-state index is 9.28. The molecule has 1 N–H and O–H groups in total. The van der Waals surface area contributed by atoms with Crippen LogP contribution in [0.2, 0.25) is 0 Å². The molecule has 0 aliphatic rings. The highest BCUT2D eigenvalue weighted by molar-refractivity contribution is 5.53. The van der Waals surface area contributed by atoms with Crippen molar-refractivity contribution in [3.63, 3.8) is 0 Å². The molecule has 0 heterocycles. The number of hydrogen-bond donors (Lipinski definition) is 1. The Bertz CT molecular complexity index is 280. The van der Waals surface area contributed by atoms with Gasteiger partial charge in [0, 0.05) is 24.3 Å². The van der Waals surface area contributed by atoms with E-state index in [-0.39, 0.29) is 6.61 Å². The zero-order valence-corrected chi connectivity index (χ0v) is 9.74. The Kier molecular flexibility index (Phi) is 5.19. The lowest BCUT2D eigenvalue weighted by molar-refractivity contribution is 0.282. The molecule has 0 radical (unpaired) electrons. The smallest absolute Gasteiger partial charge is 0.0702 e. The van der Waals surface area contributed by atoms with Gasteiger partial charge in [-0.1, -0.05) is 32.0 Å². The van der Waals surface area contributed by atoms with Gasteiger partial charge in [0.15, 0.2) is 0 Å². The Morgan fingerprint density at radius 2 is 1.67 bits per heavy atom. The first-order chi connectivity index (χ1) is 7.33. The quantitative estimate of drug-likeness (QED) is 0.775. The van der Waals surface area contributed by atoms with Crippen LogP contribution in [0.3, 0.4) is 0 Å². The van der Waals surface area contributed by atoms with Gasteiger partial charge in [0.1, 0.15) is 0 Å². The number of rotatable bonds is 6. The molecule has 0 atom stereocenters. The molecule has 15 heavy (non-hydrogen) atoms. The van der Waals surface area contributed by atoms with Crippen LogP contribution in [0.4, 0.5) is 5.69 Å². The van der Waals surface area contributed by atoms with Crippen molar-refractivity contribution in [3.8, 4) is 0 Å². The second-order valence-electron chi connectivity index (χ2n) is 3.77. The first-order valence-electron chi connectivity index (χ1n) is 5.77. The molecule has 0 saturated heterocycles. The minimum absolute atomic E-state index is 0.125. The van der Waals surface area contributed by atoms with E-state index in [1.807, 2.05) is 18.2 Å². The molecular weight excluding hydrogens is 186 g/mol. The van der Waals surface area contributed by atoms with Gasteiger partial charge >= 0.3 is 0 Å². The van der Waals surface area contributed by atoms with Gasteiger partial charge in [0.05, 0.1) is 6.61 Å². The molecule has 0 fully saturated rings. The third-order valence-corrected chi connectivity index (χ3v) is 2.49. The van der Waals surface area contributed by atoms with Crippen LogP contribution in [-0.4, -0.2) is 18.2 Å². The predicted molar refractivity (Wildman–Crippen MR) is 65.2 cm³/mol. The van der Waals surface area contributed by atoms with Crippen molar-refractivity contribution in [2.75, 3.05) is 18.0 Å². The van der Waals surface area contributed by atoms with Crippen molar-refractivity contribution < 1.29 is 5.11 Å². The van der Waals surface area contributed by atoms with Gasteiger partial charge in [-0.15, -0.1) is 0 Å². The molecule has 1 aromatic rings. The molecule has 1 rings (SSSR count). The van der Waals surface area contributed by atoms with E-state index in [0.717, 1.165) is 31.5 Å². The fourth-order valence-corrected chi connectivity index (χ4v) is 1.85. The van der Waals surface area contributed by atoms with Crippen molar-refractivity contribution in [1.29, 1.82) is 0 Å². The molecule has 2 nitrogen and oxygen atoms in total. The summed E-state index contributed by atoms with van der Waals surface area (Å²) in [6, 6.07) is 8.10. The van der Waals surface area contributed by atoms with Gasteiger partial charge < -0.3 is 10.0 Å². The fraction of sp³-hybridized carbons (Fsp3) is 0.538. The first-order valence-corrected chi connectivity index (χ1v) is 5.77. The maximum Gasteiger partial charge on any atom is 0.0702 e. The van der Waals surface area contributed by atoms with E-state index in [0.29, 0.717) is 0 Å². The number of para-hydroxylation sites is 1. The minimum Gasteiger partial charge on any atom is -0.392 e. The number of hydrogen-bond acceptors (Lipinski definition) is 2. The number of benzene rings is 1. The Hall–Kier alpha value is -1.02. The fourth-order valence-electron chi connectivity index (χ4n) is 1.85. The molecule has 0 amide bonds. The summed E-state index contributed by atoms with van der Waals surface area (Å²) in [7, 11) is 0. The Morgan fingerprint density at radius 1 is 1.07 bits per heavy atom. The Balaban J connectivity index is 2.88. The molecule has 0 aliphatic carbocycles. The maximum absolute atomic E-state index is 9.28. The lowest BCUT2D eigenvalue weighted by Crippen LogP contribution is -2.25. The zero-order valence-electron chi connectivity index (χ0n) is 9.74. The summed E-state index contributed by atoms with van der Waals surface area (Å²) in [5.74, 6) is 0. The van der Waals surface area contributed by atoms with Crippen LogP contribution in [0.5, 0.6) is 0 Å². The van der Waals surface area contributed by atoms with E-state index in [1.165, 1.54) is 5.69 Å². The second kappa shape index (κ2) is 6.46. The molecule has 1 aromatic carbocycles. The van der Waals surface area contributed by atoms with Gasteiger partial charge in [0.2, 0.25) is 0 Å². The second-order valence-corrected chi connectivity index (χ2v) is 3.77. The Morgan fingerprint density at radius 3 is 2.20 bits per heavy atom. The van der Waals surface area contributed by atoms with Gasteiger partial charge in [-0.25, -0.2) is 0 Å². The highest BCUT2D eigenvalue weighted by atomic mass is 16.3. The van der Waals surface area contributed by atoms with Crippen LogP contribution in [0.1, 0.15) is 32.3 Å². The third-order valence-electron chi connectivity index (χ3n) is 2.49. The molecule has 0 bridgehead atoms. The summed E-state index contributed by atoms with van der Waals surface area (Å²) in [6.45, 7) is 6.62. The van der Waals surface area contributed by atoms with Crippen molar-refractivity contribution >= 4 is 5.69 Å². The Labute approximate surface area is 92.5 Å². The van der Waals surface area contributed by atoms with Crippen LogP contribution in [0, 0.1) is 0 Å². The third kappa shape index (κ3) is 3.24. The number of nitrogens with zero attached hydrogens (tertiary/aromatic N) is 1. The molecule has 0 unspecified atom stereocenters. The van der Waals surface area contributed by atoms with Crippen molar-refractivity contribution in [2.24, 2.45) is 0 Å². The zero-order chi connectivity index (χ0) is 11.1. The normalized spacial score (nSPS) is 10.3. The highest BCUT2D eigenvalue weighted by Gasteiger charge is 2.07. The standard InChI is InChI=1S/C13H21NO/c1-3-9-14(10-4-2)13-8-6-5-7-12(13)11-15/h5-8,15H,3-4,9-11H2,1-2H3. The van der Waals surface area contributed by atoms with Gasteiger partial charge in [-0.05, 0) is 18.9 Å². The molecule has 0 aliphatic heterocycles. The largest absolute Gasteiger partial charge is 0.392 e. The van der Waals surface area contributed by atoms with Crippen LogP contribution in [0.15, 0.2) is 24.3 Å². The van der Waals surface area contributed by atoms with Gasteiger partial charge in [-0.2, -0.15) is 0 Å². The van der Waals surface area contributed by atoms with E-state index in [4.69, 9.17) is 0 Å². The average Bonchev–Trinajstić information content (AvgIpc) is 2.29. The van der Waals surface area contributed by atoms with E-state index < -0.39 is 0 Å². The summed E-state index contributed by atoms with van der Waals surface area (Å²) in [4.78, 5) is 2.35. The van der Waals surface area contributed by atoms with Crippen molar-refractivity contribution in [2.45, 2.75) is 33.3 Å². The summed E-state index contributed by atoms with van der Waals surface area (Å²) >= 11 is 0. The number of aliphatic hydroxyl groups excluding tert-OH is 1. The van der Waals surface area contributed by atoms with E-state index in [2.05, 4.69) is 24.8 Å². The SMILES string of the molecule is CCCN(CCC)c1ccccc1CO. The summed E-state index contributed by atoms with van der Waals surface area (Å²) in [5.41, 5.74) is 2.21. The number of anilines is 1. The molecule has 0 spiro atoms. The number of aliphatic hydroxyl groups is 1. The lowest BCUT2D eigenvalue weighted by Gasteiger charge is -2.25. The lowest BCUT2D eigenvalue weighted by atomic mass is 10.1. The summed E-state index contributed by atoms with van der Waals surface area (Å²) < 4.78 is 0. The summed E-state index contributed by atoms with van der Waals surface area (Å²) in [6.07, 6.45) is 2.28. The van der Waals surface area contributed by atoms with Crippen LogP contribution >= 0.6 is 0 Å². The van der Waals surface area contributed by atoms with E-state index in [9.17, 15) is 5.11 Å². The van der Waals surface area contributed by atoms with Gasteiger partial charge in [-0.3, -0.25) is 0 Å². The first kappa shape index (κ1) is 12.1. The minimum atomic E-state index is 0.125. The summed E-state index contributed by atoms with van der Waals surface area (Å²) in [5, 5.41) is 9.28. The molecular formula is C13H21NO. The molecule has 2 heteroatoms. The van der Waals surface area contributed by atoms with Gasteiger partial charge in [0.25, 0.3) is 0 Å². The van der Waals surface area contributed by atoms with Crippen LogP contribution in [0.25, 0.3) is 0 Å². The van der Waals surface area contributed by atoms with Crippen molar-refractivity contribution in [3.05, 3.63) is 29.8 Å². The molecule has 84 valence electrons. The van der Waals surface area contributed by atoms with E-state index >= 15 is 0 Å². The molecule has 0 saturated carbocycles. The molecule has 0 aromatic heterocycles. The monoisotopic (exact) mass is 207 g/mol. The van der Waals surface area contributed by atoms with Crippen molar-refractivity contribution in [1.82, 2.24) is 0 Å². The predicted octanol–water partition coefficient (Wildman–Crippen LogP) is 2.81. The van der Waals surface area contributed by atoms with Crippen LogP contribution < -0.4 is 4.90 Å². The highest BCUT2D eigenvalue weighted by Crippen LogP contribution is 2.20. The van der Waals surface area contributed by atoms with E-state index in [1.54, 1.807) is 0 Å². The topological polar surface area (TPSA) is 23.5 Å². The van der Waals surface area contributed by atoms with Crippen LogP contribution in [-0.2, 0) is 6.61 Å².